The van der Waals surface area contributed by atoms with Crippen LogP contribution in [0.15, 0.2) is 66.7 Å². The van der Waals surface area contributed by atoms with E-state index in [4.69, 9.17) is 25.8 Å². The molecule has 1 saturated heterocycles. The predicted molar refractivity (Wildman–Crippen MR) is 118 cm³/mol. The van der Waals surface area contributed by atoms with Gasteiger partial charge in [0.25, 0.3) is 5.91 Å². The zero-order chi connectivity index (χ0) is 21.4. The van der Waals surface area contributed by atoms with Crippen LogP contribution in [0.25, 0.3) is 0 Å². The van der Waals surface area contributed by atoms with E-state index >= 15 is 0 Å². The molecule has 0 spiro atoms. The molecule has 0 radical (unpaired) electrons. The number of amides is 1. The molecule has 1 fully saturated rings. The van der Waals surface area contributed by atoms with Gasteiger partial charge in [-0.1, -0.05) is 48.0 Å². The van der Waals surface area contributed by atoms with E-state index in [0.29, 0.717) is 17.3 Å². The Morgan fingerprint density at radius 3 is 2.61 bits per heavy atom. The Morgan fingerprint density at radius 1 is 1.03 bits per heavy atom. The first-order valence-electron chi connectivity index (χ1n) is 10.3. The first kappa shape index (κ1) is 19.8. The highest BCUT2D eigenvalue weighted by atomic mass is 35.5. The standard InChI is InChI=1S/C25H22ClNO4/c1-16-4-2-3-5-20(16)31-24-23(18-8-11-21-22(14-18)30-15-29-21)27(25(24)28)13-12-17-6-9-19(26)10-7-17/h2-11,14,23-24H,12-13,15H2,1H3. The second-order valence-electron chi connectivity index (χ2n) is 7.77. The second kappa shape index (κ2) is 8.16. The van der Waals surface area contributed by atoms with Crippen molar-refractivity contribution < 1.29 is 19.0 Å². The van der Waals surface area contributed by atoms with E-state index in [2.05, 4.69) is 0 Å². The summed E-state index contributed by atoms with van der Waals surface area (Å²) in [7, 11) is 0. The van der Waals surface area contributed by atoms with Crippen LogP contribution in [-0.2, 0) is 11.2 Å². The van der Waals surface area contributed by atoms with Crippen LogP contribution in [0.5, 0.6) is 17.2 Å². The Morgan fingerprint density at radius 2 is 1.81 bits per heavy atom. The fourth-order valence-electron chi connectivity index (χ4n) is 4.06. The summed E-state index contributed by atoms with van der Waals surface area (Å²) >= 11 is 5.99. The third-order valence-corrected chi connectivity index (χ3v) is 6.04. The highest BCUT2D eigenvalue weighted by Gasteiger charge is 2.50. The first-order valence-corrected chi connectivity index (χ1v) is 10.6. The Balaban J connectivity index is 1.40. The number of benzene rings is 3. The first-order chi connectivity index (χ1) is 15.1. The largest absolute Gasteiger partial charge is 0.478 e. The molecule has 2 aliphatic heterocycles. The Labute approximate surface area is 186 Å². The van der Waals surface area contributed by atoms with Gasteiger partial charge in [-0.05, 0) is 60.4 Å². The monoisotopic (exact) mass is 435 g/mol. The fraction of sp³-hybridized carbons (Fsp3) is 0.240. The van der Waals surface area contributed by atoms with Crippen molar-refractivity contribution in [2.75, 3.05) is 13.3 Å². The van der Waals surface area contributed by atoms with Gasteiger partial charge in [0.05, 0.1) is 0 Å². The average molecular weight is 436 g/mol. The minimum atomic E-state index is -0.577. The van der Waals surface area contributed by atoms with Gasteiger partial charge in [0.2, 0.25) is 12.9 Å². The number of carbonyl (C=O) groups is 1. The van der Waals surface area contributed by atoms with Crippen LogP contribution in [0.4, 0.5) is 0 Å². The normalized spacial score (nSPS) is 19.3. The maximum Gasteiger partial charge on any atom is 0.266 e. The van der Waals surface area contributed by atoms with Crippen LogP contribution in [0.3, 0.4) is 0 Å². The van der Waals surface area contributed by atoms with Crippen molar-refractivity contribution >= 4 is 17.5 Å². The smallest absolute Gasteiger partial charge is 0.266 e. The Bertz CT molecular complexity index is 1110. The highest BCUT2D eigenvalue weighted by Crippen LogP contribution is 2.42. The van der Waals surface area contributed by atoms with Gasteiger partial charge in [-0.2, -0.15) is 0 Å². The lowest BCUT2D eigenvalue weighted by Gasteiger charge is -2.47. The van der Waals surface area contributed by atoms with E-state index in [1.807, 2.05) is 78.6 Å². The lowest BCUT2D eigenvalue weighted by atomic mass is 9.89. The molecule has 6 heteroatoms. The maximum atomic E-state index is 13.1. The summed E-state index contributed by atoms with van der Waals surface area (Å²) in [5.74, 6) is 2.13. The number of nitrogens with zero attached hydrogens (tertiary/aromatic N) is 1. The van der Waals surface area contributed by atoms with E-state index in [0.717, 1.165) is 34.6 Å². The number of ether oxygens (including phenoxy) is 3. The number of aryl methyl sites for hydroxylation is 1. The van der Waals surface area contributed by atoms with E-state index < -0.39 is 6.10 Å². The van der Waals surface area contributed by atoms with Gasteiger partial charge < -0.3 is 19.1 Å². The Kier molecular flexibility index (Phi) is 5.20. The van der Waals surface area contributed by atoms with Crippen LogP contribution < -0.4 is 14.2 Å². The summed E-state index contributed by atoms with van der Waals surface area (Å²) in [4.78, 5) is 15.0. The zero-order valence-electron chi connectivity index (χ0n) is 17.1. The molecule has 1 amide bonds. The summed E-state index contributed by atoms with van der Waals surface area (Å²) in [6.07, 6.45) is 0.160. The maximum absolute atomic E-state index is 13.1. The van der Waals surface area contributed by atoms with Gasteiger partial charge in [-0.15, -0.1) is 0 Å². The van der Waals surface area contributed by atoms with Gasteiger partial charge in [-0.25, -0.2) is 0 Å². The number of hydrogen-bond acceptors (Lipinski definition) is 4. The van der Waals surface area contributed by atoms with Gasteiger partial charge >= 0.3 is 0 Å². The number of carbonyl (C=O) groups excluding carboxylic acids is 1. The van der Waals surface area contributed by atoms with Gasteiger partial charge in [0.1, 0.15) is 11.8 Å². The lowest BCUT2D eigenvalue weighted by Crippen LogP contribution is -2.61. The molecular formula is C25H22ClNO4. The summed E-state index contributed by atoms with van der Waals surface area (Å²) in [6, 6.07) is 21.1. The topological polar surface area (TPSA) is 48.0 Å². The molecule has 158 valence electrons. The molecular weight excluding hydrogens is 414 g/mol. The number of rotatable bonds is 6. The number of halogens is 1. The number of β-lactam (4-membered cyclic amide) rings is 1. The Hall–Kier alpha value is -3.18. The summed E-state index contributed by atoms with van der Waals surface area (Å²) in [6.45, 7) is 2.78. The van der Waals surface area contributed by atoms with Crippen molar-refractivity contribution in [3.8, 4) is 17.2 Å². The van der Waals surface area contributed by atoms with E-state index in [9.17, 15) is 4.79 Å². The summed E-state index contributed by atoms with van der Waals surface area (Å²) in [5, 5.41) is 0.703. The van der Waals surface area contributed by atoms with Crippen LogP contribution in [0.1, 0.15) is 22.7 Å². The quantitative estimate of drug-likeness (QED) is 0.514. The molecule has 31 heavy (non-hydrogen) atoms. The van der Waals surface area contributed by atoms with Crippen molar-refractivity contribution in [1.82, 2.24) is 4.90 Å². The molecule has 0 bridgehead atoms. The van der Waals surface area contributed by atoms with E-state index in [1.54, 1.807) is 0 Å². The minimum Gasteiger partial charge on any atom is -0.478 e. The van der Waals surface area contributed by atoms with Crippen LogP contribution in [0, 0.1) is 6.92 Å². The van der Waals surface area contributed by atoms with Crippen LogP contribution >= 0.6 is 11.6 Å². The average Bonchev–Trinajstić information content (AvgIpc) is 3.25. The van der Waals surface area contributed by atoms with E-state index in [-0.39, 0.29) is 18.7 Å². The van der Waals surface area contributed by atoms with Crippen molar-refractivity contribution in [1.29, 1.82) is 0 Å². The summed E-state index contributed by atoms with van der Waals surface area (Å²) < 4.78 is 17.2. The molecule has 0 aliphatic carbocycles. The molecule has 3 aromatic rings. The predicted octanol–water partition coefficient (Wildman–Crippen LogP) is 4.95. The summed E-state index contributed by atoms with van der Waals surface area (Å²) in [5.41, 5.74) is 3.10. The number of hydrogen-bond donors (Lipinski definition) is 0. The molecule has 2 heterocycles. The SMILES string of the molecule is Cc1ccccc1OC1C(=O)N(CCc2ccc(Cl)cc2)C1c1ccc2c(c1)OCO2. The van der Waals surface area contributed by atoms with Crippen LogP contribution in [0.2, 0.25) is 5.02 Å². The molecule has 2 unspecified atom stereocenters. The molecule has 0 aromatic heterocycles. The van der Waals surface area contributed by atoms with Crippen LogP contribution in [-0.4, -0.2) is 30.2 Å². The zero-order valence-corrected chi connectivity index (χ0v) is 17.8. The van der Waals surface area contributed by atoms with Crippen molar-refractivity contribution in [3.05, 3.63) is 88.4 Å². The number of likely N-dealkylation sites (tertiary alicyclic amines) is 1. The molecule has 2 atom stereocenters. The minimum absolute atomic E-state index is 0.0140. The molecule has 3 aromatic carbocycles. The molecule has 0 N–H and O–H groups in total. The number of para-hydroxylation sites is 1. The van der Waals surface area contributed by atoms with Crippen molar-refractivity contribution in [3.63, 3.8) is 0 Å². The molecule has 0 saturated carbocycles. The van der Waals surface area contributed by atoms with Crippen molar-refractivity contribution in [2.24, 2.45) is 0 Å². The number of fused-ring (bicyclic) bond motifs is 1. The molecule has 2 aliphatic rings. The highest BCUT2D eigenvalue weighted by molar-refractivity contribution is 6.30. The lowest BCUT2D eigenvalue weighted by molar-refractivity contribution is -0.164. The van der Waals surface area contributed by atoms with Gasteiger partial charge in [0, 0.05) is 11.6 Å². The molecule has 5 rings (SSSR count). The van der Waals surface area contributed by atoms with Gasteiger partial charge in [-0.3, -0.25) is 4.79 Å². The van der Waals surface area contributed by atoms with E-state index in [1.165, 1.54) is 0 Å². The fourth-order valence-corrected chi connectivity index (χ4v) is 4.18. The van der Waals surface area contributed by atoms with Gasteiger partial charge in [0.15, 0.2) is 11.5 Å². The second-order valence-corrected chi connectivity index (χ2v) is 8.21. The van der Waals surface area contributed by atoms with Crippen molar-refractivity contribution in [2.45, 2.75) is 25.5 Å². The third-order valence-electron chi connectivity index (χ3n) is 5.79. The molecule has 5 nitrogen and oxygen atoms in total. The third kappa shape index (κ3) is 3.81.